The Morgan fingerprint density at radius 1 is 0.935 bits per heavy atom. The smallest absolute Gasteiger partial charge is 0.254 e. The summed E-state index contributed by atoms with van der Waals surface area (Å²) in [6.07, 6.45) is 3.46. The molecule has 2 aromatic rings. The van der Waals surface area contributed by atoms with Gasteiger partial charge in [-0.25, -0.2) is 8.42 Å². The van der Waals surface area contributed by atoms with Gasteiger partial charge in [-0.1, -0.05) is 12.1 Å². The quantitative estimate of drug-likeness (QED) is 0.682. The molecule has 2 saturated heterocycles. The van der Waals surface area contributed by atoms with Crippen molar-refractivity contribution in [2.45, 2.75) is 36.6 Å². The molecule has 2 aliphatic rings. The number of benzene rings is 2. The molecular formula is C23H28N2O5S. The number of rotatable bonds is 6. The number of likely N-dealkylation sites (tertiary alicyclic amines) is 1. The van der Waals surface area contributed by atoms with E-state index in [-0.39, 0.29) is 22.6 Å². The maximum Gasteiger partial charge on any atom is 0.254 e. The van der Waals surface area contributed by atoms with E-state index < -0.39 is 10.0 Å². The highest BCUT2D eigenvalue weighted by Gasteiger charge is 2.34. The van der Waals surface area contributed by atoms with Gasteiger partial charge in [0, 0.05) is 25.2 Å². The molecule has 8 heteroatoms. The predicted octanol–water partition coefficient (Wildman–Crippen LogP) is 3.47. The van der Waals surface area contributed by atoms with Crippen LogP contribution in [0, 0.1) is 0 Å². The number of carbonyl (C=O) groups is 1. The van der Waals surface area contributed by atoms with Gasteiger partial charge >= 0.3 is 0 Å². The second-order valence-corrected chi connectivity index (χ2v) is 9.81. The largest absolute Gasteiger partial charge is 0.497 e. The second kappa shape index (κ2) is 8.88. The van der Waals surface area contributed by atoms with Gasteiger partial charge in [-0.15, -0.1) is 0 Å². The summed E-state index contributed by atoms with van der Waals surface area (Å²) in [5, 5.41) is 0. The number of methoxy groups -OCH3 is 2. The Balaban J connectivity index is 1.64. The Kier molecular flexibility index (Phi) is 6.20. The third kappa shape index (κ3) is 4.14. The van der Waals surface area contributed by atoms with Crippen molar-refractivity contribution < 1.29 is 22.7 Å². The first kappa shape index (κ1) is 21.6. The fourth-order valence-electron chi connectivity index (χ4n) is 4.43. The summed E-state index contributed by atoms with van der Waals surface area (Å²) in [6, 6.07) is 12.4. The van der Waals surface area contributed by atoms with Gasteiger partial charge < -0.3 is 14.4 Å². The molecule has 166 valence electrons. The predicted molar refractivity (Wildman–Crippen MR) is 117 cm³/mol. The molecule has 0 bridgehead atoms. The molecule has 0 N–H and O–H groups in total. The van der Waals surface area contributed by atoms with E-state index in [1.54, 1.807) is 19.2 Å². The van der Waals surface area contributed by atoms with Crippen LogP contribution in [-0.4, -0.2) is 57.4 Å². The molecule has 0 aliphatic carbocycles. The van der Waals surface area contributed by atoms with E-state index in [1.165, 1.54) is 17.5 Å². The van der Waals surface area contributed by atoms with E-state index in [9.17, 15) is 13.2 Å². The molecule has 1 amide bonds. The lowest BCUT2D eigenvalue weighted by Crippen LogP contribution is -2.31. The van der Waals surface area contributed by atoms with Gasteiger partial charge in [-0.2, -0.15) is 4.31 Å². The molecule has 1 atom stereocenters. The van der Waals surface area contributed by atoms with Crippen molar-refractivity contribution in [3.8, 4) is 11.5 Å². The van der Waals surface area contributed by atoms with Crippen LogP contribution in [0.3, 0.4) is 0 Å². The highest BCUT2D eigenvalue weighted by molar-refractivity contribution is 7.89. The fourth-order valence-corrected chi connectivity index (χ4v) is 6.13. The summed E-state index contributed by atoms with van der Waals surface area (Å²) in [7, 11) is -0.643. The van der Waals surface area contributed by atoms with Crippen molar-refractivity contribution in [1.29, 1.82) is 0 Å². The number of hydrogen-bond acceptors (Lipinski definition) is 5. The van der Waals surface area contributed by atoms with E-state index >= 15 is 0 Å². The van der Waals surface area contributed by atoms with Crippen molar-refractivity contribution in [3.05, 3.63) is 53.6 Å². The van der Waals surface area contributed by atoms with E-state index in [2.05, 4.69) is 0 Å². The van der Waals surface area contributed by atoms with Crippen LogP contribution in [0.15, 0.2) is 47.4 Å². The number of sulfonamides is 1. The third-order valence-corrected chi connectivity index (χ3v) is 8.03. The van der Waals surface area contributed by atoms with Crippen LogP contribution in [-0.2, 0) is 10.0 Å². The van der Waals surface area contributed by atoms with Crippen molar-refractivity contribution in [2.75, 3.05) is 33.9 Å². The molecule has 0 radical (unpaired) electrons. The molecule has 31 heavy (non-hydrogen) atoms. The highest BCUT2D eigenvalue weighted by atomic mass is 32.2. The summed E-state index contributed by atoms with van der Waals surface area (Å²) < 4.78 is 38.4. The Morgan fingerprint density at radius 2 is 1.65 bits per heavy atom. The van der Waals surface area contributed by atoms with E-state index in [4.69, 9.17) is 9.47 Å². The fraction of sp³-hybridized carbons (Fsp3) is 0.435. The van der Waals surface area contributed by atoms with Crippen LogP contribution in [0.4, 0.5) is 0 Å². The number of carbonyl (C=O) groups excluding carboxylic acids is 1. The van der Waals surface area contributed by atoms with Gasteiger partial charge in [-0.3, -0.25) is 4.79 Å². The number of nitrogens with zero attached hydrogens (tertiary/aromatic N) is 2. The van der Waals surface area contributed by atoms with Crippen molar-refractivity contribution in [3.63, 3.8) is 0 Å². The zero-order valence-corrected chi connectivity index (χ0v) is 18.7. The maximum absolute atomic E-state index is 13.4. The minimum absolute atomic E-state index is 0.0425. The first-order valence-electron chi connectivity index (χ1n) is 10.6. The molecule has 7 nitrogen and oxygen atoms in total. The van der Waals surface area contributed by atoms with Crippen LogP contribution in [0.1, 0.15) is 47.6 Å². The van der Waals surface area contributed by atoms with Gasteiger partial charge in [0.2, 0.25) is 10.0 Å². The summed E-state index contributed by atoms with van der Waals surface area (Å²) >= 11 is 0. The summed E-state index contributed by atoms with van der Waals surface area (Å²) in [4.78, 5) is 15.3. The monoisotopic (exact) mass is 444 g/mol. The van der Waals surface area contributed by atoms with Gasteiger partial charge in [0.1, 0.15) is 16.4 Å². The first-order chi connectivity index (χ1) is 15.0. The molecule has 4 rings (SSSR count). The average molecular weight is 445 g/mol. The molecule has 2 aromatic carbocycles. The number of ether oxygens (including phenoxy) is 2. The third-order valence-electron chi connectivity index (χ3n) is 6.11. The van der Waals surface area contributed by atoms with Gasteiger partial charge in [-0.05, 0) is 61.6 Å². The maximum atomic E-state index is 13.4. The minimum Gasteiger partial charge on any atom is -0.497 e. The normalized spacial score (nSPS) is 19.5. The molecule has 1 unspecified atom stereocenters. The SMILES string of the molecule is COc1ccc(C2CCCN2C(=O)c2ccc(OC)c(S(=O)(=O)N3CCCC3)c2)cc1. The van der Waals surface area contributed by atoms with Crippen LogP contribution in [0.2, 0.25) is 0 Å². The van der Waals surface area contributed by atoms with E-state index in [0.717, 1.165) is 37.0 Å². The van der Waals surface area contributed by atoms with Crippen LogP contribution < -0.4 is 9.47 Å². The topological polar surface area (TPSA) is 76.1 Å². The Morgan fingerprint density at radius 3 is 2.29 bits per heavy atom. The van der Waals surface area contributed by atoms with Crippen molar-refractivity contribution in [1.82, 2.24) is 9.21 Å². The van der Waals surface area contributed by atoms with Gasteiger partial charge in [0.15, 0.2) is 0 Å². The zero-order chi connectivity index (χ0) is 22.0. The van der Waals surface area contributed by atoms with Crippen LogP contribution in [0.25, 0.3) is 0 Å². The summed E-state index contributed by atoms with van der Waals surface area (Å²) in [6.45, 7) is 1.63. The minimum atomic E-state index is -3.71. The lowest BCUT2D eigenvalue weighted by atomic mass is 10.0. The molecule has 0 saturated carbocycles. The van der Waals surface area contributed by atoms with Crippen molar-refractivity contribution >= 4 is 15.9 Å². The van der Waals surface area contributed by atoms with Crippen molar-refractivity contribution in [2.24, 2.45) is 0 Å². The average Bonchev–Trinajstić information content (AvgIpc) is 3.51. The Bertz CT molecular complexity index is 1050. The zero-order valence-electron chi connectivity index (χ0n) is 17.9. The Hall–Kier alpha value is -2.58. The molecule has 0 spiro atoms. The standard InChI is InChI=1S/C23H28N2O5S/c1-29-19-10-7-17(8-11-19)20-6-5-15-25(20)23(26)18-9-12-21(30-2)22(16-18)31(27,28)24-13-3-4-14-24/h7-12,16,20H,3-6,13-15H2,1-2H3. The number of amides is 1. The molecule has 0 aromatic heterocycles. The Labute approximate surface area is 183 Å². The highest BCUT2D eigenvalue weighted by Crippen LogP contribution is 2.35. The van der Waals surface area contributed by atoms with Crippen LogP contribution >= 0.6 is 0 Å². The molecule has 2 fully saturated rings. The van der Waals surface area contributed by atoms with Gasteiger partial charge in [0.25, 0.3) is 5.91 Å². The molecule has 2 heterocycles. The van der Waals surface area contributed by atoms with E-state index in [1.807, 2.05) is 29.2 Å². The summed E-state index contributed by atoms with van der Waals surface area (Å²) in [5.41, 5.74) is 1.41. The molecule has 2 aliphatic heterocycles. The van der Waals surface area contributed by atoms with E-state index in [0.29, 0.717) is 25.2 Å². The lowest BCUT2D eigenvalue weighted by Gasteiger charge is -2.26. The van der Waals surface area contributed by atoms with Gasteiger partial charge in [0.05, 0.1) is 20.3 Å². The lowest BCUT2D eigenvalue weighted by molar-refractivity contribution is 0.0735. The molecular weight excluding hydrogens is 416 g/mol. The second-order valence-electron chi connectivity index (χ2n) is 7.91. The van der Waals surface area contributed by atoms with Crippen LogP contribution in [0.5, 0.6) is 11.5 Å². The number of hydrogen-bond donors (Lipinski definition) is 0. The first-order valence-corrected chi connectivity index (χ1v) is 12.0. The summed E-state index contributed by atoms with van der Waals surface area (Å²) in [5.74, 6) is 0.863.